The summed E-state index contributed by atoms with van der Waals surface area (Å²) in [5, 5.41) is 0. The summed E-state index contributed by atoms with van der Waals surface area (Å²) in [4.78, 5) is 0. The first kappa shape index (κ1) is 5.91. The van der Waals surface area contributed by atoms with Crippen molar-refractivity contribution in [2.24, 2.45) is 0 Å². The molecule has 0 radical (unpaired) electrons. The zero-order valence-electron chi connectivity index (χ0n) is 5.39. The van der Waals surface area contributed by atoms with Crippen molar-refractivity contribution in [1.29, 1.82) is 0 Å². The summed E-state index contributed by atoms with van der Waals surface area (Å²) in [5.74, 6) is 0. The molecule has 0 aromatic carbocycles. The van der Waals surface area contributed by atoms with Crippen molar-refractivity contribution in [2.45, 2.75) is 6.92 Å². The first-order chi connectivity index (χ1) is 4.39. The zero-order chi connectivity index (χ0) is 6.53. The fourth-order valence-electron chi connectivity index (χ4n) is 0.565. The molecule has 0 saturated carbocycles. The van der Waals surface area contributed by atoms with Gasteiger partial charge in [-0.3, -0.25) is 0 Å². The van der Waals surface area contributed by atoms with E-state index in [1.165, 1.54) is 0 Å². The first-order valence-corrected chi connectivity index (χ1v) is 2.91. The molecular weight excluding hydrogens is 108 g/mol. The minimum atomic E-state index is 1.11. The topological polar surface area (TPSA) is 0 Å². The second-order valence-electron chi connectivity index (χ2n) is 1.86. The molecule has 0 heteroatoms. The average Bonchev–Trinajstić information content (AvgIpc) is 1.79. The Morgan fingerprint density at radius 2 is 2.11 bits per heavy atom. The summed E-state index contributed by atoms with van der Waals surface area (Å²) in [6.45, 7) is 2.00. The third-order valence-electron chi connectivity index (χ3n) is 1.02. The van der Waals surface area contributed by atoms with Gasteiger partial charge in [0.1, 0.15) is 0 Å². The monoisotopic (exact) mass is 116 g/mol. The second-order valence-corrected chi connectivity index (χ2v) is 1.86. The summed E-state index contributed by atoms with van der Waals surface area (Å²) >= 11 is 0. The average molecular weight is 116 g/mol. The molecular formula is C9H8. The minimum Gasteiger partial charge on any atom is -0.0700 e. The Labute approximate surface area is 55.2 Å². The molecule has 0 atom stereocenters. The zero-order valence-corrected chi connectivity index (χ0v) is 5.39. The summed E-state index contributed by atoms with van der Waals surface area (Å²) in [6, 6.07) is 0. The molecule has 1 rings (SSSR count). The molecule has 0 nitrogen and oxygen atoms in total. The van der Waals surface area contributed by atoms with Crippen molar-refractivity contribution in [3.63, 3.8) is 0 Å². The van der Waals surface area contributed by atoms with Crippen LogP contribution in [0.15, 0.2) is 47.4 Å². The largest absolute Gasteiger partial charge is 0.0700 e. The second kappa shape index (κ2) is 2.94. The van der Waals surface area contributed by atoms with Crippen LogP contribution in [0.2, 0.25) is 0 Å². The molecule has 44 valence electrons. The third-order valence-corrected chi connectivity index (χ3v) is 1.02. The predicted octanol–water partition coefficient (Wildman–Crippen LogP) is 2.37. The van der Waals surface area contributed by atoms with Crippen LogP contribution in [-0.4, -0.2) is 0 Å². The van der Waals surface area contributed by atoms with Gasteiger partial charge in [0.15, 0.2) is 0 Å². The molecule has 0 fully saturated rings. The quantitative estimate of drug-likeness (QED) is 0.426. The van der Waals surface area contributed by atoms with E-state index in [-0.39, 0.29) is 0 Å². The molecule has 1 aliphatic rings. The van der Waals surface area contributed by atoms with Crippen LogP contribution >= 0.6 is 0 Å². The van der Waals surface area contributed by atoms with E-state index in [0.29, 0.717) is 0 Å². The molecule has 0 N–H and O–H groups in total. The van der Waals surface area contributed by atoms with E-state index < -0.39 is 0 Å². The van der Waals surface area contributed by atoms with E-state index >= 15 is 0 Å². The summed E-state index contributed by atoms with van der Waals surface area (Å²) < 4.78 is 0. The van der Waals surface area contributed by atoms with Crippen molar-refractivity contribution >= 4 is 0 Å². The van der Waals surface area contributed by atoms with Crippen LogP contribution in [0.1, 0.15) is 6.92 Å². The van der Waals surface area contributed by atoms with Crippen molar-refractivity contribution in [3.05, 3.63) is 47.4 Å². The highest BCUT2D eigenvalue weighted by Gasteiger charge is 1.74. The van der Waals surface area contributed by atoms with E-state index in [0.717, 1.165) is 5.57 Å². The Balaban J connectivity index is 3.09. The van der Waals surface area contributed by atoms with Gasteiger partial charge in [-0.1, -0.05) is 35.8 Å². The van der Waals surface area contributed by atoms with Gasteiger partial charge < -0.3 is 0 Å². The van der Waals surface area contributed by atoms with Gasteiger partial charge in [0.25, 0.3) is 0 Å². The Hall–Kier alpha value is -1.22. The Morgan fingerprint density at radius 1 is 1.22 bits per heavy atom. The molecule has 0 aromatic rings. The Morgan fingerprint density at radius 3 is 3.00 bits per heavy atom. The van der Waals surface area contributed by atoms with Crippen LogP contribution in [0.4, 0.5) is 0 Å². The SMILES string of the molecule is CC1=C=C=C/C=C\C=C/1. The molecule has 0 amide bonds. The van der Waals surface area contributed by atoms with Crippen LogP contribution in [-0.2, 0) is 0 Å². The highest BCUT2D eigenvalue weighted by molar-refractivity contribution is 5.23. The van der Waals surface area contributed by atoms with E-state index in [9.17, 15) is 0 Å². The van der Waals surface area contributed by atoms with Gasteiger partial charge >= 0.3 is 0 Å². The molecule has 0 aromatic heterocycles. The van der Waals surface area contributed by atoms with Crippen LogP contribution in [0.5, 0.6) is 0 Å². The third kappa shape index (κ3) is 2.01. The van der Waals surface area contributed by atoms with E-state index in [4.69, 9.17) is 0 Å². The van der Waals surface area contributed by atoms with Gasteiger partial charge in [-0.25, -0.2) is 0 Å². The van der Waals surface area contributed by atoms with Crippen LogP contribution < -0.4 is 0 Å². The summed E-state index contributed by atoms with van der Waals surface area (Å²) in [7, 11) is 0. The Kier molecular flexibility index (Phi) is 1.93. The van der Waals surface area contributed by atoms with E-state index in [2.05, 4.69) is 11.5 Å². The molecule has 0 unspecified atom stereocenters. The smallest absolute Gasteiger partial charge is 0.000725 e. The van der Waals surface area contributed by atoms with Gasteiger partial charge in [-0.05, 0) is 18.6 Å². The lowest BCUT2D eigenvalue weighted by molar-refractivity contribution is 1.54. The van der Waals surface area contributed by atoms with Gasteiger partial charge in [0, 0.05) is 0 Å². The van der Waals surface area contributed by atoms with Gasteiger partial charge in [0.05, 0.1) is 0 Å². The summed E-state index contributed by atoms with van der Waals surface area (Å²) in [5.41, 5.74) is 6.95. The lowest BCUT2D eigenvalue weighted by atomic mass is 10.2. The van der Waals surface area contributed by atoms with Gasteiger partial charge in [-0.2, -0.15) is 0 Å². The van der Waals surface area contributed by atoms with Gasteiger partial charge in [-0.15, -0.1) is 0 Å². The van der Waals surface area contributed by atoms with Gasteiger partial charge in [0.2, 0.25) is 0 Å². The lowest BCUT2D eigenvalue weighted by Crippen LogP contribution is -1.61. The van der Waals surface area contributed by atoms with Crippen LogP contribution in [0.3, 0.4) is 0 Å². The minimum absolute atomic E-state index is 1.11. The summed E-state index contributed by atoms with van der Waals surface area (Å²) in [6.07, 6.45) is 9.72. The number of allylic oxidation sites excluding steroid dienone is 6. The molecule has 0 aliphatic heterocycles. The van der Waals surface area contributed by atoms with Crippen molar-refractivity contribution < 1.29 is 0 Å². The maximum atomic E-state index is 2.96. The van der Waals surface area contributed by atoms with Crippen molar-refractivity contribution in [1.82, 2.24) is 0 Å². The standard InChI is InChI=1S/C9H8/c1-9-7-5-3-2-4-6-8-9/h2-5,7H,1H3/b3-2-,4-2?,5-3?,7-5-,9-7?. The fourth-order valence-corrected chi connectivity index (χ4v) is 0.565. The van der Waals surface area contributed by atoms with Crippen LogP contribution in [0, 0.1) is 0 Å². The highest BCUT2D eigenvalue weighted by atomic mass is 13.8. The van der Waals surface area contributed by atoms with E-state index in [1.807, 2.05) is 37.3 Å². The lowest BCUT2D eigenvalue weighted by Gasteiger charge is -1.81. The fraction of sp³-hybridized carbons (Fsp3) is 0.111. The Bertz CT molecular complexity index is 239. The molecule has 0 bridgehead atoms. The molecule has 0 heterocycles. The van der Waals surface area contributed by atoms with Crippen LogP contribution in [0.25, 0.3) is 0 Å². The number of rotatable bonds is 0. The van der Waals surface area contributed by atoms with E-state index in [1.54, 1.807) is 0 Å². The highest BCUT2D eigenvalue weighted by Crippen LogP contribution is 1.93. The number of hydrogen-bond donors (Lipinski definition) is 0. The molecule has 0 spiro atoms. The molecule has 0 saturated heterocycles. The van der Waals surface area contributed by atoms with Crippen molar-refractivity contribution in [3.8, 4) is 0 Å². The maximum Gasteiger partial charge on any atom is -0.000725 e. The molecule has 9 heavy (non-hydrogen) atoms. The maximum absolute atomic E-state index is 2.96. The van der Waals surface area contributed by atoms with Crippen molar-refractivity contribution in [2.75, 3.05) is 0 Å². The normalized spacial score (nSPS) is 22.1. The number of hydrogen-bond acceptors (Lipinski definition) is 0. The molecule has 1 aliphatic carbocycles. The predicted molar refractivity (Wildman–Crippen MR) is 39.1 cm³/mol. The first-order valence-electron chi connectivity index (χ1n) is 2.91.